The summed E-state index contributed by atoms with van der Waals surface area (Å²) in [4.78, 5) is 3.36. The number of hydrogen-bond acceptors (Lipinski definition) is 2. The van der Waals surface area contributed by atoms with Gasteiger partial charge in [0.05, 0.1) is 0 Å². The fraction of sp³-hybridized carbons (Fsp3) is 0.600. The lowest BCUT2D eigenvalue weighted by Gasteiger charge is -2.11. The van der Waals surface area contributed by atoms with E-state index in [2.05, 4.69) is 4.99 Å². The van der Waals surface area contributed by atoms with Gasteiger partial charge in [0, 0.05) is 0 Å². The molecule has 3 radical (unpaired) electrons. The van der Waals surface area contributed by atoms with Crippen LogP contribution in [0, 0.1) is 6.54 Å². The maximum absolute atomic E-state index is 11.7. The van der Waals surface area contributed by atoms with Crippen molar-refractivity contribution in [2.24, 2.45) is 4.99 Å². The smallest absolute Gasteiger partial charge is 0.313 e. The minimum Gasteiger partial charge on any atom is -0.313 e. The summed E-state index contributed by atoms with van der Waals surface area (Å²) in [6.07, 6.45) is -2.67. The normalized spacial score (nSPS) is 24.7. The maximum Gasteiger partial charge on any atom is 0.413 e. The van der Waals surface area contributed by atoms with Gasteiger partial charge in [-0.1, -0.05) is 0 Å². The molecule has 0 aromatic heterocycles. The summed E-state index contributed by atoms with van der Waals surface area (Å²) in [5.41, 5.74) is 0. The van der Waals surface area contributed by atoms with Gasteiger partial charge >= 0.3 is 6.18 Å². The lowest BCUT2D eigenvalue weighted by molar-refractivity contribution is -0.140. The van der Waals surface area contributed by atoms with Crippen molar-refractivity contribution in [3.63, 3.8) is 0 Å². The molecule has 0 aromatic rings. The monoisotopic (exact) mass is 167 g/mol. The molecule has 11 heavy (non-hydrogen) atoms. The van der Waals surface area contributed by atoms with Gasteiger partial charge in [-0.25, -0.2) is 9.38 Å². The van der Waals surface area contributed by atoms with Crippen LogP contribution in [0.1, 0.15) is 0 Å². The lowest BCUT2D eigenvalue weighted by Crippen LogP contribution is -2.28. The summed E-state index contributed by atoms with van der Waals surface area (Å²) in [7, 11) is 0. The van der Waals surface area contributed by atoms with Crippen LogP contribution in [0.3, 0.4) is 0 Å². The van der Waals surface area contributed by atoms with Gasteiger partial charge in [-0.05, 0) is 0 Å². The van der Waals surface area contributed by atoms with E-state index in [1.807, 2.05) is 6.34 Å². The van der Waals surface area contributed by atoms with Crippen molar-refractivity contribution >= 4 is 6.34 Å². The first kappa shape index (κ1) is 8.29. The molecule has 0 saturated heterocycles. The molecule has 0 aliphatic carbocycles. The molecule has 1 aliphatic heterocycles. The van der Waals surface area contributed by atoms with Crippen molar-refractivity contribution in [2.75, 3.05) is 6.80 Å². The van der Waals surface area contributed by atoms with Crippen LogP contribution < -0.4 is 0 Å². The van der Waals surface area contributed by atoms with Crippen molar-refractivity contribution in [1.82, 2.24) is 4.90 Å². The van der Waals surface area contributed by atoms with Gasteiger partial charge < -0.3 is 4.90 Å². The summed E-state index contributed by atoms with van der Waals surface area (Å²) >= 11 is 0. The molecular formula is C5H3F4N2. The van der Waals surface area contributed by atoms with Crippen molar-refractivity contribution in [2.45, 2.75) is 12.2 Å². The first-order chi connectivity index (χ1) is 5.04. The molecule has 0 amide bonds. The highest BCUT2D eigenvalue weighted by Gasteiger charge is 2.43. The second kappa shape index (κ2) is 2.67. The van der Waals surface area contributed by atoms with E-state index in [9.17, 15) is 17.6 Å². The maximum atomic E-state index is 11.7. The number of rotatable bonds is 1. The number of aliphatic imine (C=N–C) groups is 1. The Hall–Kier alpha value is -0.810. The number of hydrogen-bond donors (Lipinski definition) is 0. The molecule has 0 saturated carbocycles. The van der Waals surface area contributed by atoms with Gasteiger partial charge in [-0.2, -0.15) is 13.2 Å². The van der Waals surface area contributed by atoms with Crippen molar-refractivity contribution in [1.29, 1.82) is 0 Å². The molecule has 1 rings (SSSR count). The summed E-state index contributed by atoms with van der Waals surface area (Å²) in [6, 6.07) is -2.06. The Kier molecular flexibility index (Phi) is 2.01. The minimum absolute atomic E-state index is 0.498. The molecule has 2 nitrogen and oxygen atoms in total. The highest BCUT2D eigenvalue weighted by molar-refractivity contribution is 5.59. The van der Waals surface area contributed by atoms with Crippen LogP contribution >= 0.6 is 0 Å². The molecule has 1 atom stereocenters. The third-order valence-corrected chi connectivity index (χ3v) is 1.02. The molecule has 0 bridgehead atoms. The number of halogens is 4. The molecule has 1 heterocycles. The average Bonchev–Trinajstić information content (AvgIpc) is 2.32. The molecule has 0 aromatic carbocycles. The summed E-state index contributed by atoms with van der Waals surface area (Å²) in [5, 5.41) is 0. The third-order valence-electron chi connectivity index (χ3n) is 1.02. The van der Waals surface area contributed by atoms with Gasteiger partial charge in [-0.3, -0.25) is 0 Å². The second-order valence-electron chi connectivity index (χ2n) is 1.85. The van der Waals surface area contributed by atoms with E-state index < -0.39 is 19.0 Å². The van der Waals surface area contributed by atoms with E-state index in [-0.39, 0.29) is 0 Å². The lowest BCUT2D eigenvalue weighted by atomic mass is 10.3. The van der Waals surface area contributed by atoms with Crippen LogP contribution in [0.4, 0.5) is 17.6 Å². The quantitative estimate of drug-likeness (QED) is 0.421. The molecule has 0 fully saturated rings. The molecule has 1 aliphatic rings. The molecule has 0 N–H and O–H groups in total. The fourth-order valence-electron chi connectivity index (χ4n) is 0.540. The zero-order valence-corrected chi connectivity index (χ0v) is 5.19. The standard InChI is InChI=1S/C5H3F4N2/c6-2-11-1-4(10-3-11)5(7,8)9/h4H,2H2. The van der Waals surface area contributed by atoms with E-state index in [1.54, 1.807) is 6.54 Å². The SMILES string of the molecule is FCN1[C]C(C(F)(F)F)N=[C]1. The van der Waals surface area contributed by atoms with Gasteiger partial charge in [-0.15, -0.1) is 0 Å². The molecule has 0 spiro atoms. The summed E-state index contributed by atoms with van der Waals surface area (Å²) in [6.45, 7) is 0.649. The number of nitrogens with zero attached hydrogens (tertiary/aromatic N) is 2. The Morgan fingerprint density at radius 2 is 2.09 bits per heavy atom. The third kappa shape index (κ3) is 1.81. The first-order valence-electron chi connectivity index (χ1n) is 2.66. The molecule has 61 valence electrons. The predicted molar refractivity (Wildman–Crippen MR) is 28.3 cm³/mol. The topological polar surface area (TPSA) is 15.6 Å². The number of alkyl halides is 4. The van der Waals surface area contributed by atoms with Crippen LogP contribution in [0.5, 0.6) is 0 Å². The van der Waals surface area contributed by atoms with Gasteiger partial charge in [0.1, 0.15) is 6.54 Å². The Labute approximate surface area is 60.5 Å². The highest BCUT2D eigenvalue weighted by Crippen LogP contribution is 2.27. The largest absolute Gasteiger partial charge is 0.413 e. The van der Waals surface area contributed by atoms with Crippen LogP contribution in [0.2, 0.25) is 0 Å². The van der Waals surface area contributed by atoms with Crippen molar-refractivity contribution in [3.05, 3.63) is 6.54 Å². The Bertz CT molecular complexity index is 164. The summed E-state index contributed by atoms with van der Waals surface area (Å²) in [5.74, 6) is 0. The second-order valence-corrected chi connectivity index (χ2v) is 1.85. The highest BCUT2D eigenvalue weighted by atomic mass is 19.4. The van der Waals surface area contributed by atoms with E-state index in [4.69, 9.17) is 0 Å². The van der Waals surface area contributed by atoms with E-state index >= 15 is 0 Å². The van der Waals surface area contributed by atoms with E-state index in [0.717, 1.165) is 0 Å². The minimum atomic E-state index is -4.49. The van der Waals surface area contributed by atoms with Crippen LogP contribution in [0.25, 0.3) is 0 Å². The first-order valence-corrected chi connectivity index (χ1v) is 2.66. The zero-order chi connectivity index (χ0) is 8.48. The fourth-order valence-corrected chi connectivity index (χ4v) is 0.540. The Morgan fingerprint density at radius 3 is 2.36 bits per heavy atom. The van der Waals surface area contributed by atoms with E-state index in [1.165, 1.54) is 0 Å². The molecule has 6 heteroatoms. The Morgan fingerprint density at radius 1 is 1.45 bits per heavy atom. The van der Waals surface area contributed by atoms with Crippen LogP contribution in [-0.2, 0) is 0 Å². The summed E-state index contributed by atoms with van der Waals surface area (Å²) < 4.78 is 46.8. The van der Waals surface area contributed by atoms with Crippen molar-refractivity contribution < 1.29 is 17.6 Å². The van der Waals surface area contributed by atoms with Crippen LogP contribution in [-0.4, -0.2) is 30.3 Å². The zero-order valence-electron chi connectivity index (χ0n) is 5.19. The van der Waals surface area contributed by atoms with Crippen LogP contribution in [0.15, 0.2) is 4.99 Å². The molecular weight excluding hydrogens is 164 g/mol. The van der Waals surface area contributed by atoms with Gasteiger partial charge in [0.25, 0.3) is 0 Å². The van der Waals surface area contributed by atoms with Crippen molar-refractivity contribution in [3.8, 4) is 0 Å². The Balaban J connectivity index is 2.50. The average molecular weight is 167 g/mol. The van der Waals surface area contributed by atoms with Gasteiger partial charge in [0.2, 0.25) is 0 Å². The predicted octanol–water partition coefficient (Wildman–Crippen LogP) is 1.10. The van der Waals surface area contributed by atoms with Gasteiger partial charge in [0.15, 0.2) is 19.2 Å². The molecule has 1 unspecified atom stereocenters. The van der Waals surface area contributed by atoms with E-state index in [0.29, 0.717) is 4.90 Å².